The fourth-order valence-corrected chi connectivity index (χ4v) is 4.39. The first-order chi connectivity index (χ1) is 17.8. The normalized spacial score (nSPS) is 11.5. The fourth-order valence-electron chi connectivity index (χ4n) is 3.61. The first-order valence-corrected chi connectivity index (χ1v) is 13.3. The van der Waals surface area contributed by atoms with Gasteiger partial charge in [0.2, 0.25) is 17.7 Å². The summed E-state index contributed by atoms with van der Waals surface area (Å²) in [5.41, 5.74) is 1.79. The number of aryl methyl sites for hydroxylation is 2. The Hall–Kier alpha value is -4.16. The van der Waals surface area contributed by atoms with Crippen LogP contribution in [0.5, 0.6) is 5.88 Å². The number of pyridine rings is 2. The van der Waals surface area contributed by atoms with Crippen molar-refractivity contribution in [1.29, 1.82) is 0 Å². The van der Waals surface area contributed by atoms with E-state index in [0.29, 0.717) is 64.1 Å². The van der Waals surface area contributed by atoms with E-state index in [1.807, 2.05) is 18.2 Å². The quantitative estimate of drug-likeness (QED) is 0.288. The molecule has 0 saturated heterocycles. The van der Waals surface area contributed by atoms with Crippen molar-refractivity contribution in [3.63, 3.8) is 0 Å². The molecular weight excluding hydrogens is 518 g/mol. The van der Waals surface area contributed by atoms with Gasteiger partial charge in [0.05, 0.1) is 22.7 Å². The maximum atomic E-state index is 11.8. The molecule has 0 amide bonds. The lowest BCUT2D eigenvalue weighted by molar-refractivity contribution is 0.398. The molecule has 5 aromatic rings. The highest BCUT2D eigenvalue weighted by atomic mass is 35.5. The van der Waals surface area contributed by atoms with Crippen LogP contribution in [0.15, 0.2) is 70.2 Å². The SMILES string of the molecule is COc1cc(-c2nnc(CCc3nnc(-c4ccc(S(C)(=O)=O)cn4)n3-c3ccccc3Cl)o2)ccn1. The van der Waals surface area contributed by atoms with E-state index in [-0.39, 0.29) is 4.90 Å². The molecule has 0 radical (unpaired) electrons. The third-order valence-electron chi connectivity index (χ3n) is 5.44. The van der Waals surface area contributed by atoms with E-state index in [1.165, 1.54) is 19.4 Å². The third-order valence-corrected chi connectivity index (χ3v) is 6.85. The van der Waals surface area contributed by atoms with Gasteiger partial charge in [0.15, 0.2) is 15.7 Å². The molecule has 0 fully saturated rings. The minimum Gasteiger partial charge on any atom is -0.481 e. The second-order valence-electron chi connectivity index (χ2n) is 7.97. The maximum Gasteiger partial charge on any atom is 0.247 e. The van der Waals surface area contributed by atoms with Crippen molar-refractivity contribution in [2.45, 2.75) is 17.7 Å². The van der Waals surface area contributed by atoms with Crippen LogP contribution in [-0.2, 0) is 22.7 Å². The van der Waals surface area contributed by atoms with Gasteiger partial charge in [0, 0.05) is 43.1 Å². The average Bonchev–Trinajstić information content (AvgIpc) is 3.55. The largest absolute Gasteiger partial charge is 0.481 e. The number of benzene rings is 1. The van der Waals surface area contributed by atoms with Gasteiger partial charge < -0.3 is 9.15 Å². The van der Waals surface area contributed by atoms with Gasteiger partial charge in [-0.3, -0.25) is 9.55 Å². The third kappa shape index (κ3) is 5.20. The van der Waals surface area contributed by atoms with Crippen LogP contribution in [0.3, 0.4) is 0 Å². The van der Waals surface area contributed by atoms with Crippen LogP contribution >= 0.6 is 11.6 Å². The minimum absolute atomic E-state index is 0.110. The van der Waals surface area contributed by atoms with Crippen molar-refractivity contribution in [2.24, 2.45) is 0 Å². The molecule has 0 aliphatic rings. The Labute approximate surface area is 217 Å². The molecule has 4 aromatic heterocycles. The minimum atomic E-state index is -3.39. The summed E-state index contributed by atoms with van der Waals surface area (Å²) in [5, 5.41) is 17.5. The number of para-hydroxylation sites is 1. The number of aromatic nitrogens is 7. The molecule has 4 heterocycles. The molecule has 11 nitrogen and oxygen atoms in total. The Morgan fingerprint density at radius 3 is 2.57 bits per heavy atom. The molecule has 0 atom stereocenters. The summed E-state index contributed by atoms with van der Waals surface area (Å²) < 4.78 is 36.5. The first-order valence-electron chi connectivity index (χ1n) is 11.0. The van der Waals surface area contributed by atoms with E-state index in [4.69, 9.17) is 20.8 Å². The van der Waals surface area contributed by atoms with Crippen molar-refractivity contribution >= 4 is 21.4 Å². The van der Waals surface area contributed by atoms with Gasteiger partial charge in [-0.2, -0.15) is 0 Å². The smallest absolute Gasteiger partial charge is 0.247 e. The summed E-state index contributed by atoms with van der Waals surface area (Å²) in [4.78, 5) is 8.50. The zero-order valence-electron chi connectivity index (χ0n) is 19.7. The molecule has 0 bridgehead atoms. The van der Waals surface area contributed by atoms with E-state index in [1.54, 1.807) is 35.0 Å². The van der Waals surface area contributed by atoms with Crippen molar-refractivity contribution in [3.8, 4) is 34.5 Å². The molecule has 5 rings (SSSR count). The Balaban J connectivity index is 1.46. The Bertz CT molecular complexity index is 1670. The van der Waals surface area contributed by atoms with E-state index in [9.17, 15) is 8.42 Å². The van der Waals surface area contributed by atoms with Gasteiger partial charge in [-0.15, -0.1) is 20.4 Å². The number of hydrogen-bond acceptors (Lipinski definition) is 10. The van der Waals surface area contributed by atoms with E-state index in [2.05, 4.69) is 30.4 Å². The highest BCUT2D eigenvalue weighted by Gasteiger charge is 2.20. The Morgan fingerprint density at radius 2 is 1.84 bits per heavy atom. The Kier molecular flexibility index (Phi) is 6.68. The molecule has 0 spiro atoms. The van der Waals surface area contributed by atoms with Gasteiger partial charge in [-0.1, -0.05) is 23.7 Å². The van der Waals surface area contributed by atoms with Crippen LogP contribution in [0.25, 0.3) is 28.7 Å². The molecule has 37 heavy (non-hydrogen) atoms. The van der Waals surface area contributed by atoms with Crippen molar-refractivity contribution in [3.05, 3.63) is 77.7 Å². The number of rotatable bonds is 8. The average molecular weight is 538 g/mol. The topological polar surface area (TPSA) is 139 Å². The van der Waals surface area contributed by atoms with E-state index in [0.717, 1.165) is 6.26 Å². The maximum absolute atomic E-state index is 11.8. The molecular formula is C24H20ClN7O4S. The number of hydrogen-bond donors (Lipinski definition) is 0. The number of sulfone groups is 1. The monoisotopic (exact) mass is 537 g/mol. The van der Waals surface area contributed by atoms with Gasteiger partial charge >= 0.3 is 0 Å². The summed E-state index contributed by atoms with van der Waals surface area (Å²) >= 11 is 6.51. The fraction of sp³-hybridized carbons (Fsp3) is 0.167. The first kappa shape index (κ1) is 24.5. The summed E-state index contributed by atoms with van der Waals surface area (Å²) in [5.74, 6) is 2.20. The lowest BCUT2D eigenvalue weighted by Crippen LogP contribution is -2.06. The van der Waals surface area contributed by atoms with E-state index < -0.39 is 9.84 Å². The Morgan fingerprint density at radius 1 is 1.00 bits per heavy atom. The van der Waals surface area contributed by atoms with Crippen molar-refractivity contribution in [1.82, 2.24) is 34.9 Å². The molecule has 1 aromatic carbocycles. The standard InChI is InChI=1S/C24H20ClN7O4S/c1-35-22-13-15(11-12-26-22)24-31-29-21(36-24)10-9-20-28-30-23(32(20)19-6-4-3-5-17(19)25)18-8-7-16(14-27-18)37(2,33)34/h3-8,11-14H,9-10H2,1-2H3. The van der Waals surface area contributed by atoms with Gasteiger partial charge in [0.25, 0.3) is 0 Å². The second-order valence-corrected chi connectivity index (χ2v) is 10.4. The van der Waals surface area contributed by atoms with Crippen LogP contribution in [0.1, 0.15) is 11.7 Å². The summed E-state index contributed by atoms with van der Waals surface area (Å²) in [6.45, 7) is 0. The highest BCUT2D eigenvalue weighted by Crippen LogP contribution is 2.28. The lowest BCUT2D eigenvalue weighted by Gasteiger charge is -2.11. The van der Waals surface area contributed by atoms with Crippen LogP contribution in [0, 0.1) is 0 Å². The molecule has 13 heteroatoms. The van der Waals surface area contributed by atoms with Crippen LogP contribution in [0.4, 0.5) is 0 Å². The van der Waals surface area contributed by atoms with Gasteiger partial charge in [-0.25, -0.2) is 13.4 Å². The number of ether oxygens (including phenoxy) is 1. The second kappa shape index (κ2) is 10.1. The molecule has 188 valence electrons. The van der Waals surface area contributed by atoms with Crippen molar-refractivity contribution in [2.75, 3.05) is 13.4 Å². The predicted octanol–water partition coefficient (Wildman–Crippen LogP) is 3.63. The van der Waals surface area contributed by atoms with Crippen LogP contribution in [0.2, 0.25) is 5.02 Å². The zero-order valence-corrected chi connectivity index (χ0v) is 21.3. The summed E-state index contributed by atoms with van der Waals surface area (Å²) in [6, 6.07) is 13.8. The molecule has 0 unspecified atom stereocenters. The van der Waals surface area contributed by atoms with Crippen molar-refractivity contribution < 1.29 is 17.6 Å². The molecule has 0 saturated carbocycles. The molecule has 0 N–H and O–H groups in total. The highest BCUT2D eigenvalue weighted by molar-refractivity contribution is 7.90. The molecule has 0 aliphatic heterocycles. The van der Waals surface area contributed by atoms with Crippen LogP contribution < -0.4 is 4.74 Å². The number of halogens is 1. The van der Waals surface area contributed by atoms with Gasteiger partial charge in [0.1, 0.15) is 11.5 Å². The number of methoxy groups -OCH3 is 1. The lowest BCUT2D eigenvalue weighted by atomic mass is 10.2. The number of nitrogens with zero attached hydrogens (tertiary/aromatic N) is 7. The predicted molar refractivity (Wildman–Crippen MR) is 134 cm³/mol. The summed E-state index contributed by atoms with van der Waals surface area (Å²) in [7, 11) is -1.86. The van der Waals surface area contributed by atoms with Crippen LogP contribution in [-0.4, -0.2) is 56.7 Å². The molecule has 0 aliphatic carbocycles. The van der Waals surface area contributed by atoms with E-state index >= 15 is 0 Å². The zero-order chi connectivity index (χ0) is 26.0. The summed E-state index contributed by atoms with van der Waals surface area (Å²) in [6.07, 6.45) is 4.81. The van der Waals surface area contributed by atoms with Gasteiger partial charge in [-0.05, 0) is 30.3 Å².